The van der Waals surface area contributed by atoms with E-state index in [2.05, 4.69) is 20.5 Å². The molecule has 66 valence electrons. The highest BCUT2D eigenvalue weighted by atomic mass is 35.5. The zero-order valence-electron chi connectivity index (χ0n) is 6.31. The molecule has 1 N–H and O–H groups in total. The first kappa shape index (κ1) is 7.93. The van der Waals surface area contributed by atoms with Gasteiger partial charge < -0.3 is 0 Å². The maximum atomic E-state index is 11.1. The Balaban J connectivity index is 2.66. The number of halogens is 1. The number of aromatic nitrogens is 5. The van der Waals surface area contributed by atoms with Gasteiger partial charge in [0.25, 0.3) is 0 Å². The largest absolute Gasteiger partial charge is 0.365 e. The summed E-state index contributed by atoms with van der Waals surface area (Å²) in [4.78, 5) is 14.9. The maximum Gasteiger partial charge on any atom is 0.365 e. The molecule has 0 aliphatic rings. The zero-order chi connectivity index (χ0) is 9.26. The van der Waals surface area contributed by atoms with Gasteiger partial charge in [-0.25, -0.2) is 9.89 Å². The number of tetrazole rings is 1. The van der Waals surface area contributed by atoms with Gasteiger partial charge in [-0.2, -0.15) is 4.68 Å². The fourth-order valence-corrected chi connectivity index (χ4v) is 1.07. The average molecular weight is 198 g/mol. The Kier molecular flexibility index (Phi) is 1.82. The van der Waals surface area contributed by atoms with Crippen LogP contribution in [0.4, 0.5) is 0 Å². The van der Waals surface area contributed by atoms with E-state index in [4.69, 9.17) is 11.6 Å². The monoisotopic (exact) mass is 197 g/mol. The van der Waals surface area contributed by atoms with Crippen LogP contribution < -0.4 is 5.69 Å². The summed E-state index contributed by atoms with van der Waals surface area (Å²) in [5, 5.41) is 9.40. The van der Waals surface area contributed by atoms with Crippen LogP contribution in [-0.4, -0.2) is 25.2 Å². The van der Waals surface area contributed by atoms with Crippen molar-refractivity contribution in [2.75, 3.05) is 0 Å². The van der Waals surface area contributed by atoms with Gasteiger partial charge in [0.15, 0.2) is 0 Å². The highest BCUT2D eigenvalue weighted by Gasteiger charge is 2.06. The molecule has 7 heteroatoms. The molecule has 0 aliphatic heterocycles. The Hall–Kier alpha value is -1.69. The highest BCUT2D eigenvalue weighted by Crippen LogP contribution is 2.14. The van der Waals surface area contributed by atoms with Crippen molar-refractivity contribution < 1.29 is 0 Å². The van der Waals surface area contributed by atoms with Crippen molar-refractivity contribution in [3.05, 3.63) is 34.0 Å². The molecule has 0 saturated carbocycles. The molecule has 0 aliphatic carbocycles. The van der Waals surface area contributed by atoms with Gasteiger partial charge in [-0.05, 0) is 16.5 Å². The van der Waals surface area contributed by atoms with E-state index in [0.717, 1.165) is 4.68 Å². The van der Waals surface area contributed by atoms with E-state index in [-0.39, 0.29) is 0 Å². The van der Waals surface area contributed by atoms with Crippen molar-refractivity contribution >= 4 is 11.6 Å². The predicted octanol–water partition coefficient (Wildman–Crippen LogP) is 0.00400. The van der Waals surface area contributed by atoms with E-state index < -0.39 is 5.69 Å². The third kappa shape index (κ3) is 1.31. The Labute approximate surface area is 77.2 Å². The molecule has 0 saturated heterocycles. The van der Waals surface area contributed by atoms with E-state index in [0.29, 0.717) is 10.7 Å². The first-order valence-electron chi connectivity index (χ1n) is 3.39. The first-order valence-corrected chi connectivity index (χ1v) is 3.77. The lowest BCUT2D eigenvalue weighted by Gasteiger charge is -1.98. The van der Waals surface area contributed by atoms with Crippen LogP contribution in [0.3, 0.4) is 0 Å². The molecule has 6 nitrogen and oxygen atoms in total. The van der Waals surface area contributed by atoms with Crippen molar-refractivity contribution in [3.8, 4) is 5.69 Å². The predicted molar refractivity (Wildman–Crippen MR) is 44.8 cm³/mol. The molecule has 0 fully saturated rings. The number of H-pyrrole nitrogens is 1. The second kappa shape index (κ2) is 2.98. The average Bonchev–Trinajstić information content (AvgIpc) is 2.52. The molecular weight excluding hydrogens is 194 g/mol. The second-order valence-electron chi connectivity index (χ2n) is 2.25. The van der Waals surface area contributed by atoms with Crippen LogP contribution in [0.15, 0.2) is 23.3 Å². The molecule has 2 aromatic rings. The molecule has 0 atom stereocenters. The van der Waals surface area contributed by atoms with Gasteiger partial charge in [0.2, 0.25) is 0 Å². The van der Waals surface area contributed by atoms with Crippen molar-refractivity contribution in [1.82, 2.24) is 25.2 Å². The van der Waals surface area contributed by atoms with Crippen molar-refractivity contribution in [1.29, 1.82) is 0 Å². The highest BCUT2D eigenvalue weighted by molar-refractivity contribution is 6.32. The maximum absolute atomic E-state index is 11.1. The zero-order valence-corrected chi connectivity index (χ0v) is 7.06. The molecule has 2 heterocycles. The minimum absolute atomic E-state index is 0.394. The Bertz CT molecular complexity index is 476. The Morgan fingerprint density at radius 2 is 2.38 bits per heavy atom. The molecule has 2 rings (SSSR count). The number of hydrogen-bond donors (Lipinski definition) is 1. The van der Waals surface area contributed by atoms with Gasteiger partial charge in [0, 0.05) is 6.20 Å². The topological polar surface area (TPSA) is 76.5 Å². The fraction of sp³-hybridized carbons (Fsp3) is 0. The number of nitrogens with one attached hydrogen (secondary N) is 1. The molecule has 0 amide bonds. The summed E-state index contributed by atoms with van der Waals surface area (Å²) in [6, 6.07) is 1.57. The smallest absolute Gasteiger partial charge is 0.262 e. The Morgan fingerprint density at radius 3 is 3.00 bits per heavy atom. The van der Waals surface area contributed by atoms with Crippen molar-refractivity contribution in [2.24, 2.45) is 0 Å². The van der Waals surface area contributed by atoms with E-state index in [9.17, 15) is 4.79 Å². The molecule has 13 heavy (non-hydrogen) atoms. The summed E-state index contributed by atoms with van der Waals surface area (Å²) in [6.45, 7) is 0. The fourth-order valence-electron chi connectivity index (χ4n) is 0.880. The van der Waals surface area contributed by atoms with Gasteiger partial charge in [0.05, 0.1) is 11.2 Å². The van der Waals surface area contributed by atoms with Crippen LogP contribution >= 0.6 is 11.6 Å². The van der Waals surface area contributed by atoms with Crippen LogP contribution in [0, 0.1) is 0 Å². The quantitative estimate of drug-likeness (QED) is 0.699. The lowest BCUT2D eigenvalue weighted by atomic mass is 10.4. The molecule has 0 unspecified atom stereocenters. The molecule has 2 aromatic heterocycles. The molecule has 0 bridgehead atoms. The number of pyridine rings is 1. The van der Waals surface area contributed by atoms with Gasteiger partial charge in [-0.3, -0.25) is 4.98 Å². The number of aromatic amines is 1. The van der Waals surface area contributed by atoms with Gasteiger partial charge in [-0.15, -0.1) is 0 Å². The lowest BCUT2D eigenvalue weighted by molar-refractivity contribution is 0.776. The minimum atomic E-state index is -0.449. The molecule has 0 radical (unpaired) electrons. The summed E-state index contributed by atoms with van der Waals surface area (Å²) >= 11 is 5.81. The summed E-state index contributed by atoms with van der Waals surface area (Å²) in [7, 11) is 0. The SMILES string of the molecule is O=c1[nH]nnn1-c1cnccc1Cl. The van der Waals surface area contributed by atoms with Crippen molar-refractivity contribution in [2.45, 2.75) is 0 Å². The van der Waals surface area contributed by atoms with Crippen LogP contribution in [0.25, 0.3) is 5.69 Å². The van der Waals surface area contributed by atoms with E-state index in [1.54, 1.807) is 6.07 Å². The first-order chi connectivity index (χ1) is 6.29. The molecular formula is C6H4ClN5O. The third-order valence-corrected chi connectivity index (χ3v) is 1.77. The second-order valence-corrected chi connectivity index (χ2v) is 2.65. The van der Waals surface area contributed by atoms with Crippen LogP contribution in [0.2, 0.25) is 5.02 Å². The summed E-state index contributed by atoms with van der Waals surface area (Å²) in [5.41, 5.74) is -0.0437. The van der Waals surface area contributed by atoms with Gasteiger partial charge in [0.1, 0.15) is 5.69 Å². The van der Waals surface area contributed by atoms with E-state index in [1.807, 2.05) is 0 Å². The van der Waals surface area contributed by atoms with E-state index in [1.165, 1.54) is 12.4 Å². The third-order valence-electron chi connectivity index (χ3n) is 1.45. The summed E-state index contributed by atoms with van der Waals surface area (Å²) in [6.07, 6.45) is 2.96. The Morgan fingerprint density at radius 1 is 1.54 bits per heavy atom. The molecule has 0 aromatic carbocycles. The lowest BCUT2D eigenvalue weighted by Crippen LogP contribution is -2.16. The van der Waals surface area contributed by atoms with Gasteiger partial charge >= 0.3 is 5.69 Å². The summed E-state index contributed by atoms with van der Waals surface area (Å²) in [5.74, 6) is 0. The van der Waals surface area contributed by atoms with Crippen LogP contribution in [0.1, 0.15) is 0 Å². The standard InChI is InChI=1S/C6H4ClN5O/c7-4-1-2-8-3-5(4)12-6(13)9-10-11-12/h1-3H,(H,9,11,13). The van der Waals surface area contributed by atoms with Crippen LogP contribution in [-0.2, 0) is 0 Å². The van der Waals surface area contributed by atoms with Crippen molar-refractivity contribution in [3.63, 3.8) is 0 Å². The van der Waals surface area contributed by atoms with E-state index >= 15 is 0 Å². The number of nitrogens with zero attached hydrogens (tertiary/aromatic N) is 4. The number of hydrogen-bond acceptors (Lipinski definition) is 4. The minimum Gasteiger partial charge on any atom is -0.262 e. The molecule has 0 spiro atoms. The number of rotatable bonds is 1. The normalized spacial score (nSPS) is 10.2. The summed E-state index contributed by atoms with van der Waals surface area (Å²) < 4.78 is 1.04. The van der Waals surface area contributed by atoms with Crippen LogP contribution in [0.5, 0.6) is 0 Å². The van der Waals surface area contributed by atoms with Gasteiger partial charge in [-0.1, -0.05) is 11.6 Å².